The Morgan fingerprint density at radius 2 is 1.65 bits per heavy atom. The molecule has 0 amide bonds. The number of sulfonamides is 1. The van der Waals surface area contributed by atoms with E-state index in [0.29, 0.717) is 11.4 Å². The second-order valence-corrected chi connectivity index (χ2v) is 8.06. The smallest absolute Gasteiger partial charge is 0.240 e. The maximum Gasteiger partial charge on any atom is 0.240 e. The highest BCUT2D eigenvalue weighted by molar-refractivity contribution is 7.89. The van der Waals surface area contributed by atoms with Crippen LogP contribution in [-0.4, -0.2) is 28.6 Å². The predicted molar refractivity (Wildman–Crippen MR) is 83.4 cm³/mol. The van der Waals surface area contributed by atoms with Gasteiger partial charge in [-0.3, -0.25) is 0 Å². The van der Waals surface area contributed by atoms with E-state index in [1.807, 2.05) is 26.1 Å². The third kappa shape index (κ3) is 4.89. The van der Waals surface area contributed by atoms with Crippen molar-refractivity contribution in [2.45, 2.75) is 38.0 Å². The Morgan fingerprint density at radius 1 is 1.10 bits per heavy atom. The van der Waals surface area contributed by atoms with Gasteiger partial charge in [0.1, 0.15) is 0 Å². The lowest BCUT2D eigenvalue weighted by atomic mass is 9.87. The van der Waals surface area contributed by atoms with E-state index in [1.165, 1.54) is 0 Å². The van der Waals surface area contributed by atoms with Crippen molar-refractivity contribution in [3.05, 3.63) is 29.8 Å². The van der Waals surface area contributed by atoms with E-state index < -0.39 is 10.0 Å². The third-order valence-electron chi connectivity index (χ3n) is 3.21. The molecule has 1 atom stereocenters. The van der Waals surface area contributed by atoms with Gasteiger partial charge in [0.15, 0.2) is 0 Å². The molecule has 0 aliphatic heterocycles. The number of nitrogens with one attached hydrogen (secondary N) is 2. The fourth-order valence-corrected chi connectivity index (χ4v) is 3.06. The predicted octanol–water partition coefficient (Wildman–Crippen LogP) is 2.12. The number of hydrogen-bond donors (Lipinski definition) is 2. The van der Waals surface area contributed by atoms with Gasteiger partial charge in [-0.25, -0.2) is 13.1 Å². The van der Waals surface area contributed by atoms with E-state index in [9.17, 15) is 8.42 Å². The summed E-state index contributed by atoms with van der Waals surface area (Å²) in [7, 11) is -1.56. The highest BCUT2D eigenvalue weighted by Gasteiger charge is 2.17. The zero-order chi connectivity index (χ0) is 15.4. The van der Waals surface area contributed by atoms with Gasteiger partial charge in [0.25, 0.3) is 0 Å². The fourth-order valence-electron chi connectivity index (χ4n) is 1.89. The summed E-state index contributed by atoms with van der Waals surface area (Å²) in [6, 6.07) is 7.11. The summed E-state index contributed by atoms with van der Waals surface area (Å²) in [4.78, 5) is 0.321. The molecule has 20 heavy (non-hydrogen) atoms. The molecule has 0 saturated heterocycles. The van der Waals surface area contributed by atoms with Gasteiger partial charge in [-0.15, -0.1) is 0 Å². The molecule has 0 aliphatic rings. The van der Waals surface area contributed by atoms with E-state index >= 15 is 0 Å². The average molecular weight is 298 g/mol. The molecule has 1 aromatic carbocycles. The lowest BCUT2D eigenvalue weighted by Crippen LogP contribution is -2.32. The van der Waals surface area contributed by atoms with Crippen molar-refractivity contribution in [2.75, 3.05) is 20.1 Å². The largest absolute Gasteiger partial charge is 0.319 e. The summed E-state index contributed by atoms with van der Waals surface area (Å²) < 4.78 is 27.0. The molecule has 1 rings (SSSR count). The van der Waals surface area contributed by atoms with Crippen LogP contribution in [0.25, 0.3) is 0 Å². The molecule has 5 heteroatoms. The molecule has 0 fully saturated rings. The van der Waals surface area contributed by atoms with Crippen molar-refractivity contribution in [3.8, 4) is 0 Å². The van der Waals surface area contributed by atoms with Crippen LogP contribution in [0.1, 0.15) is 33.3 Å². The lowest BCUT2D eigenvalue weighted by Gasteiger charge is -2.19. The Balaban J connectivity index is 2.78. The minimum atomic E-state index is -3.41. The molecular formula is C15H26N2O2S. The average Bonchev–Trinajstić information content (AvgIpc) is 2.36. The van der Waals surface area contributed by atoms with Crippen molar-refractivity contribution in [1.82, 2.24) is 10.0 Å². The van der Waals surface area contributed by atoms with Gasteiger partial charge in [0.2, 0.25) is 10.0 Å². The summed E-state index contributed by atoms with van der Waals surface area (Å²) >= 11 is 0. The molecule has 0 bridgehead atoms. The van der Waals surface area contributed by atoms with E-state index in [-0.39, 0.29) is 11.3 Å². The summed E-state index contributed by atoms with van der Waals surface area (Å²) in [6.45, 7) is 9.54. The van der Waals surface area contributed by atoms with Crippen LogP contribution in [0.4, 0.5) is 0 Å². The second-order valence-electron chi connectivity index (χ2n) is 6.29. The molecule has 1 aromatic rings. The molecule has 0 radical (unpaired) electrons. The number of rotatable bonds is 6. The molecule has 4 nitrogen and oxygen atoms in total. The van der Waals surface area contributed by atoms with Crippen molar-refractivity contribution >= 4 is 10.0 Å². The van der Waals surface area contributed by atoms with Crippen LogP contribution in [-0.2, 0) is 15.4 Å². The standard InChI is InChI=1S/C15H26N2O2S/c1-12(10-16-5)11-17-20(18,19)14-8-6-13(7-9-14)15(2,3)4/h6-9,12,16-17H,10-11H2,1-5H3. The molecule has 0 saturated carbocycles. The fraction of sp³-hybridized carbons (Fsp3) is 0.600. The Bertz CT molecular complexity index is 516. The molecule has 0 heterocycles. The third-order valence-corrected chi connectivity index (χ3v) is 4.64. The van der Waals surface area contributed by atoms with Crippen LogP contribution in [0.3, 0.4) is 0 Å². The maximum absolute atomic E-state index is 12.2. The first-order valence-electron chi connectivity index (χ1n) is 6.91. The normalized spacial score (nSPS) is 14.2. The van der Waals surface area contributed by atoms with Crippen LogP contribution in [0.15, 0.2) is 29.2 Å². The van der Waals surface area contributed by atoms with E-state index in [0.717, 1.165) is 12.1 Å². The van der Waals surface area contributed by atoms with Gasteiger partial charge < -0.3 is 5.32 Å². The molecule has 114 valence electrons. The SMILES string of the molecule is CNCC(C)CNS(=O)(=O)c1ccc(C(C)(C)C)cc1. The van der Waals surface area contributed by atoms with Crippen LogP contribution >= 0.6 is 0 Å². The van der Waals surface area contributed by atoms with Gasteiger partial charge in [0.05, 0.1) is 4.90 Å². The topological polar surface area (TPSA) is 58.2 Å². The Kier molecular flexibility index (Phi) is 5.74. The van der Waals surface area contributed by atoms with Crippen molar-refractivity contribution < 1.29 is 8.42 Å². The van der Waals surface area contributed by atoms with Crippen LogP contribution in [0.2, 0.25) is 0 Å². The van der Waals surface area contributed by atoms with E-state index in [2.05, 4.69) is 30.8 Å². The maximum atomic E-state index is 12.2. The first kappa shape index (κ1) is 17.1. The Labute approximate surface area is 123 Å². The van der Waals surface area contributed by atoms with Crippen LogP contribution in [0.5, 0.6) is 0 Å². The Hall–Kier alpha value is -0.910. The minimum absolute atomic E-state index is 0.0248. The molecule has 2 N–H and O–H groups in total. The number of hydrogen-bond acceptors (Lipinski definition) is 3. The second kappa shape index (κ2) is 6.70. The van der Waals surface area contributed by atoms with E-state index in [1.54, 1.807) is 12.1 Å². The first-order valence-corrected chi connectivity index (χ1v) is 8.40. The molecule has 0 aliphatic carbocycles. The first-order chi connectivity index (χ1) is 9.16. The molecule has 0 spiro atoms. The van der Waals surface area contributed by atoms with Gasteiger partial charge in [0, 0.05) is 6.54 Å². The van der Waals surface area contributed by atoms with Gasteiger partial charge in [-0.05, 0) is 42.6 Å². The summed E-state index contributed by atoms with van der Waals surface area (Å²) in [5.74, 6) is 0.253. The van der Waals surface area contributed by atoms with Gasteiger partial charge in [-0.1, -0.05) is 39.8 Å². The number of benzene rings is 1. The monoisotopic (exact) mass is 298 g/mol. The molecular weight excluding hydrogens is 272 g/mol. The quantitative estimate of drug-likeness (QED) is 0.846. The molecule has 1 unspecified atom stereocenters. The lowest BCUT2D eigenvalue weighted by molar-refractivity contribution is 0.519. The van der Waals surface area contributed by atoms with E-state index in [4.69, 9.17) is 0 Å². The Morgan fingerprint density at radius 3 is 2.10 bits per heavy atom. The summed E-state index contributed by atoms with van der Waals surface area (Å²) in [5, 5.41) is 3.03. The minimum Gasteiger partial charge on any atom is -0.319 e. The highest BCUT2D eigenvalue weighted by atomic mass is 32.2. The highest BCUT2D eigenvalue weighted by Crippen LogP contribution is 2.23. The summed E-state index contributed by atoms with van der Waals surface area (Å²) in [6.07, 6.45) is 0. The zero-order valence-corrected chi connectivity index (χ0v) is 13.8. The van der Waals surface area contributed by atoms with Crippen molar-refractivity contribution in [2.24, 2.45) is 5.92 Å². The zero-order valence-electron chi connectivity index (χ0n) is 13.0. The summed E-state index contributed by atoms with van der Waals surface area (Å²) in [5.41, 5.74) is 1.15. The van der Waals surface area contributed by atoms with Crippen LogP contribution < -0.4 is 10.0 Å². The van der Waals surface area contributed by atoms with Crippen molar-refractivity contribution in [3.63, 3.8) is 0 Å². The van der Waals surface area contributed by atoms with Gasteiger partial charge >= 0.3 is 0 Å². The van der Waals surface area contributed by atoms with Crippen LogP contribution in [0, 0.1) is 5.92 Å². The van der Waals surface area contributed by atoms with Crippen molar-refractivity contribution in [1.29, 1.82) is 0 Å². The molecule has 0 aromatic heterocycles. The van der Waals surface area contributed by atoms with Gasteiger partial charge in [-0.2, -0.15) is 0 Å².